The van der Waals surface area contributed by atoms with Gasteiger partial charge in [0.05, 0.1) is 29.9 Å². The maximum atomic E-state index is 13.0. The number of hydrogen-bond donors (Lipinski definition) is 0. The van der Waals surface area contributed by atoms with Crippen LogP contribution in [0.2, 0.25) is 0 Å². The number of benzene rings is 3. The van der Waals surface area contributed by atoms with Crippen molar-refractivity contribution in [2.24, 2.45) is 0 Å². The maximum absolute atomic E-state index is 13.0. The van der Waals surface area contributed by atoms with E-state index in [0.29, 0.717) is 23.3 Å². The van der Waals surface area contributed by atoms with E-state index in [0.717, 1.165) is 17.7 Å². The fourth-order valence-corrected chi connectivity index (χ4v) is 3.45. The Morgan fingerprint density at radius 1 is 0.971 bits per heavy atom. The monoisotopic (exact) mass is 468 g/mol. The molecule has 4 rings (SSSR count). The minimum absolute atomic E-state index is 0.0911. The fraction of sp³-hybridized carbons (Fsp3) is 0.154. The summed E-state index contributed by atoms with van der Waals surface area (Å²) in [6, 6.07) is 16.1. The van der Waals surface area contributed by atoms with Gasteiger partial charge in [0.2, 0.25) is 0 Å². The van der Waals surface area contributed by atoms with Crippen molar-refractivity contribution < 1.29 is 31.9 Å². The molecule has 0 bridgehead atoms. The molecule has 4 aromatic rings. The number of hydrogen-bond acceptors (Lipinski definition) is 5. The summed E-state index contributed by atoms with van der Waals surface area (Å²) in [7, 11) is 1.56. The van der Waals surface area contributed by atoms with Crippen molar-refractivity contribution in [1.29, 1.82) is 0 Å². The van der Waals surface area contributed by atoms with Crippen LogP contribution in [0.15, 0.2) is 82.2 Å². The Morgan fingerprint density at radius 3 is 2.44 bits per heavy atom. The van der Waals surface area contributed by atoms with Gasteiger partial charge in [-0.2, -0.15) is 13.2 Å². The Morgan fingerprint density at radius 2 is 1.74 bits per heavy atom. The van der Waals surface area contributed by atoms with E-state index < -0.39 is 17.7 Å². The van der Waals surface area contributed by atoms with E-state index in [2.05, 4.69) is 0 Å². The number of rotatable bonds is 6. The molecule has 174 valence electrons. The molecule has 0 amide bonds. The molecule has 1 heterocycles. The molecule has 0 spiro atoms. The van der Waals surface area contributed by atoms with Crippen LogP contribution < -0.4 is 10.2 Å². The van der Waals surface area contributed by atoms with Crippen LogP contribution in [0.4, 0.5) is 13.2 Å². The van der Waals surface area contributed by atoms with Gasteiger partial charge in [-0.05, 0) is 53.6 Å². The van der Waals surface area contributed by atoms with E-state index in [1.54, 1.807) is 19.2 Å². The molecule has 0 N–H and O–H groups in total. The summed E-state index contributed by atoms with van der Waals surface area (Å²) in [4.78, 5) is 25.5. The highest BCUT2D eigenvalue weighted by Gasteiger charge is 2.30. The molecular weight excluding hydrogens is 449 g/mol. The zero-order valence-corrected chi connectivity index (χ0v) is 18.0. The topological polar surface area (TPSA) is 65.7 Å². The maximum Gasteiger partial charge on any atom is 0.416 e. The van der Waals surface area contributed by atoms with Crippen LogP contribution in [0.5, 0.6) is 5.75 Å². The van der Waals surface area contributed by atoms with Gasteiger partial charge in [0.15, 0.2) is 5.43 Å². The molecule has 0 aliphatic heterocycles. The highest BCUT2D eigenvalue weighted by Crippen LogP contribution is 2.29. The Labute approximate surface area is 192 Å². The van der Waals surface area contributed by atoms with Crippen LogP contribution in [0.3, 0.4) is 0 Å². The van der Waals surface area contributed by atoms with Gasteiger partial charge in [0.25, 0.3) is 0 Å². The quantitative estimate of drug-likeness (QED) is 0.336. The predicted octanol–water partition coefficient (Wildman–Crippen LogP) is 5.77. The van der Waals surface area contributed by atoms with Gasteiger partial charge in [-0.3, -0.25) is 4.79 Å². The second-order valence-corrected chi connectivity index (χ2v) is 7.60. The largest absolute Gasteiger partial charge is 0.497 e. The Hall–Kier alpha value is -4.07. The molecule has 34 heavy (non-hydrogen) atoms. The van der Waals surface area contributed by atoms with E-state index in [1.165, 1.54) is 36.6 Å². The average Bonchev–Trinajstić information content (AvgIpc) is 2.84. The summed E-state index contributed by atoms with van der Waals surface area (Å²) in [5.74, 6) is -0.0677. The SMILES string of the molecule is COc1ccc(Cc2coc3ccc(C(=O)OCc4cccc(C(F)(F)F)c4)cc3c2=O)cc1. The van der Waals surface area contributed by atoms with Gasteiger partial charge >= 0.3 is 12.1 Å². The number of alkyl halides is 3. The normalized spacial score (nSPS) is 11.4. The van der Waals surface area contributed by atoms with Gasteiger partial charge in [-0.25, -0.2) is 4.79 Å². The van der Waals surface area contributed by atoms with Crippen LogP contribution in [-0.4, -0.2) is 13.1 Å². The van der Waals surface area contributed by atoms with Crippen molar-refractivity contribution in [3.05, 3.63) is 111 Å². The summed E-state index contributed by atoms with van der Waals surface area (Å²) in [5, 5.41) is 0.208. The van der Waals surface area contributed by atoms with Crippen molar-refractivity contribution in [2.45, 2.75) is 19.2 Å². The first-order chi connectivity index (χ1) is 16.2. The van der Waals surface area contributed by atoms with Crippen molar-refractivity contribution >= 4 is 16.9 Å². The number of carbonyl (C=O) groups excluding carboxylic acids is 1. The zero-order chi connectivity index (χ0) is 24.3. The van der Waals surface area contributed by atoms with E-state index in [-0.39, 0.29) is 28.5 Å². The van der Waals surface area contributed by atoms with Gasteiger partial charge in [-0.1, -0.05) is 24.3 Å². The third kappa shape index (κ3) is 5.11. The molecule has 0 fully saturated rings. The number of carbonyl (C=O) groups is 1. The molecule has 0 radical (unpaired) electrons. The first-order valence-electron chi connectivity index (χ1n) is 10.3. The van der Waals surface area contributed by atoms with E-state index >= 15 is 0 Å². The average molecular weight is 468 g/mol. The van der Waals surface area contributed by atoms with Gasteiger partial charge in [0.1, 0.15) is 17.9 Å². The molecule has 1 aromatic heterocycles. The van der Waals surface area contributed by atoms with Crippen LogP contribution in [0, 0.1) is 0 Å². The van der Waals surface area contributed by atoms with Crippen LogP contribution >= 0.6 is 0 Å². The van der Waals surface area contributed by atoms with Crippen molar-refractivity contribution in [3.63, 3.8) is 0 Å². The first kappa shape index (κ1) is 23.1. The van der Waals surface area contributed by atoms with Gasteiger partial charge in [-0.15, -0.1) is 0 Å². The Balaban J connectivity index is 1.53. The zero-order valence-electron chi connectivity index (χ0n) is 18.0. The van der Waals surface area contributed by atoms with E-state index in [1.807, 2.05) is 12.1 Å². The number of fused-ring (bicyclic) bond motifs is 1. The molecule has 0 saturated heterocycles. The summed E-state index contributed by atoms with van der Waals surface area (Å²) in [5.41, 5.74) is 0.770. The van der Waals surface area contributed by atoms with Gasteiger partial charge < -0.3 is 13.9 Å². The lowest BCUT2D eigenvalue weighted by Crippen LogP contribution is -2.11. The van der Waals surface area contributed by atoms with E-state index in [4.69, 9.17) is 13.9 Å². The first-order valence-corrected chi connectivity index (χ1v) is 10.3. The number of ether oxygens (including phenoxy) is 2. The standard InChI is InChI=1S/C26H19F3O5/c1-32-21-8-5-16(6-9-21)11-19-15-33-23-10-7-18(13-22(23)24(19)30)25(31)34-14-17-3-2-4-20(12-17)26(27,28)29/h2-10,12-13,15H,11,14H2,1H3. The minimum atomic E-state index is -4.49. The number of esters is 1. The third-order valence-electron chi connectivity index (χ3n) is 5.26. The molecule has 0 aliphatic rings. The number of methoxy groups -OCH3 is 1. The number of halogens is 3. The summed E-state index contributed by atoms with van der Waals surface area (Å²) in [6.07, 6.45) is -2.77. The summed E-state index contributed by atoms with van der Waals surface area (Å²) < 4.78 is 54.5. The Kier molecular flexibility index (Phi) is 6.40. The molecule has 5 nitrogen and oxygen atoms in total. The lowest BCUT2D eigenvalue weighted by Gasteiger charge is -2.10. The van der Waals surface area contributed by atoms with Gasteiger partial charge in [0, 0.05) is 12.0 Å². The lowest BCUT2D eigenvalue weighted by atomic mass is 10.0. The molecule has 0 atom stereocenters. The highest BCUT2D eigenvalue weighted by atomic mass is 19.4. The lowest BCUT2D eigenvalue weighted by molar-refractivity contribution is -0.137. The van der Waals surface area contributed by atoms with Crippen LogP contribution in [0.1, 0.15) is 32.6 Å². The predicted molar refractivity (Wildman–Crippen MR) is 119 cm³/mol. The van der Waals surface area contributed by atoms with Crippen molar-refractivity contribution in [3.8, 4) is 5.75 Å². The smallest absolute Gasteiger partial charge is 0.416 e. The summed E-state index contributed by atoms with van der Waals surface area (Å²) in [6.45, 7) is -0.340. The molecule has 0 aliphatic carbocycles. The highest BCUT2D eigenvalue weighted by molar-refractivity contribution is 5.94. The Bertz CT molecular complexity index is 1390. The second-order valence-electron chi connectivity index (χ2n) is 7.60. The molecule has 3 aromatic carbocycles. The molecule has 0 saturated carbocycles. The summed E-state index contributed by atoms with van der Waals surface area (Å²) >= 11 is 0. The molecule has 0 unspecified atom stereocenters. The molecule has 8 heteroatoms. The molecular formula is C26H19F3O5. The minimum Gasteiger partial charge on any atom is -0.497 e. The van der Waals surface area contributed by atoms with E-state index in [9.17, 15) is 22.8 Å². The van der Waals surface area contributed by atoms with Crippen molar-refractivity contribution in [2.75, 3.05) is 7.11 Å². The van der Waals surface area contributed by atoms with Crippen LogP contribution in [-0.2, 0) is 23.9 Å². The fourth-order valence-electron chi connectivity index (χ4n) is 3.45. The third-order valence-corrected chi connectivity index (χ3v) is 5.26. The van der Waals surface area contributed by atoms with Crippen LogP contribution in [0.25, 0.3) is 11.0 Å². The second kappa shape index (κ2) is 9.43. The van der Waals surface area contributed by atoms with Crippen molar-refractivity contribution in [1.82, 2.24) is 0 Å².